The van der Waals surface area contributed by atoms with Gasteiger partial charge in [0, 0.05) is 6.42 Å². The maximum Gasteiger partial charge on any atom is 0.200 e. The Hall–Kier alpha value is -1.02. The molecule has 1 aliphatic rings. The standard InChI is InChI=1S/C20H32O2/c1-4-6-8-10-19-16(3)15-20(22-19)21-18-13-11-17(12-14-18)9-7-5-2/h11-14,16,19-20H,4-10,15H2,1-3H3/t16-,19?,20?/m1/s1. The highest BCUT2D eigenvalue weighted by Crippen LogP contribution is 2.31. The van der Waals surface area contributed by atoms with Crippen LogP contribution in [0.2, 0.25) is 0 Å². The fourth-order valence-corrected chi connectivity index (χ4v) is 3.13. The van der Waals surface area contributed by atoms with Crippen molar-refractivity contribution in [2.24, 2.45) is 5.92 Å². The minimum atomic E-state index is -0.0666. The molecule has 0 aromatic heterocycles. The quantitative estimate of drug-likeness (QED) is 0.542. The summed E-state index contributed by atoms with van der Waals surface area (Å²) in [5.74, 6) is 1.54. The zero-order valence-corrected chi connectivity index (χ0v) is 14.5. The first kappa shape index (κ1) is 17.3. The summed E-state index contributed by atoms with van der Waals surface area (Å²) in [4.78, 5) is 0. The van der Waals surface area contributed by atoms with Gasteiger partial charge >= 0.3 is 0 Å². The molecule has 0 amide bonds. The first-order chi connectivity index (χ1) is 10.7. The molecule has 3 atom stereocenters. The lowest BCUT2D eigenvalue weighted by Crippen LogP contribution is -2.17. The van der Waals surface area contributed by atoms with E-state index in [9.17, 15) is 0 Å². The summed E-state index contributed by atoms with van der Waals surface area (Å²) in [5.41, 5.74) is 1.40. The first-order valence-corrected chi connectivity index (χ1v) is 9.14. The van der Waals surface area contributed by atoms with Crippen molar-refractivity contribution < 1.29 is 9.47 Å². The summed E-state index contributed by atoms with van der Waals surface area (Å²) < 4.78 is 12.1. The molecule has 0 radical (unpaired) electrons. The Balaban J connectivity index is 1.78. The minimum Gasteiger partial charge on any atom is -0.465 e. The van der Waals surface area contributed by atoms with Crippen LogP contribution in [0, 0.1) is 5.92 Å². The van der Waals surface area contributed by atoms with Gasteiger partial charge in [-0.15, -0.1) is 0 Å². The number of unbranched alkanes of at least 4 members (excludes halogenated alkanes) is 3. The molecule has 124 valence electrons. The molecule has 1 fully saturated rings. The van der Waals surface area contributed by atoms with Crippen LogP contribution in [0.5, 0.6) is 5.75 Å². The first-order valence-electron chi connectivity index (χ1n) is 9.14. The Morgan fingerprint density at radius 1 is 1.05 bits per heavy atom. The number of aryl methyl sites for hydroxylation is 1. The predicted molar refractivity (Wildman–Crippen MR) is 92.3 cm³/mol. The van der Waals surface area contributed by atoms with Gasteiger partial charge in [-0.05, 0) is 42.9 Å². The van der Waals surface area contributed by atoms with Crippen molar-refractivity contribution in [1.82, 2.24) is 0 Å². The summed E-state index contributed by atoms with van der Waals surface area (Å²) in [6.45, 7) is 6.76. The van der Waals surface area contributed by atoms with Crippen molar-refractivity contribution in [3.63, 3.8) is 0 Å². The van der Waals surface area contributed by atoms with Crippen LogP contribution in [-0.2, 0) is 11.2 Å². The highest BCUT2D eigenvalue weighted by Gasteiger charge is 2.32. The zero-order valence-electron chi connectivity index (χ0n) is 14.5. The maximum absolute atomic E-state index is 6.10. The van der Waals surface area contributed by atoms with E-state index in [-0.39, 0.29) is 6.29 Å². The van der Waals surface area contributed by atoms with E-state index in [2.05, 4.69) is 45.0 Å². The molecule has 2 heteroatoms. The van der Waals surface area contributed by atoms with E-state index in [0.29, 0.717) is 12.0 Å². The normalized spacial score (nSPS) is 24.6. The van der Waals surface area contributed by atoms with Crippen LogP contribution < -0.4 is 4.74 Å². The van der Waals surface area contributed by atoms with E-state index in [1.54, 1.807) is 0 Å². The van der Waals surface area contributed by atoms with Crippen LogP contribution in [-0.4, -0.2) is 12.4 Å². The van der Waals surface area contributed by atoms with Crippen molar-refractivity contribution in [2.45, 2.75) is 84.5 Å². The van der Waals surface area contributed by atoms with Crippen LogP contribution in [0.1, 0.15) is 71.3 Å². The predicted octanol–water partition coefficient (Wildman–Crippen LogP) is 5.74. The second-order valence-corrected chi connectivity index (χ2v) is 6.68. The molecule has 1 saturated heterocycles. The third-order valence-electron chi connectivity index (χ3n) is 4.63. The van der Waals surface area contributed by atoms with E-state index >= 15 is 0 Å². The third-order valence-corrected chi connectivity index (χ3v) is 4.63. The van der Waals surface area contributed by atoms with Gasteiger partial charge in [-0.25, -0.2) is 0 Å². The molecule has 0 aliphatic carbocycles. The van der Waals surface area contributed by atoms with Crippen molar-refractivity contribution in [2.75, 3.05) is 0 Å². The van der Waals surface area contributed by atoms with Gasteiger partial charge in [0.25, 0.3) is 0 Å². The molecular formula is C20H32O2. The van der Waals surface area contributed by atoms with Gasteiger partial charge in [0.05, 0.1) is 6.10 Å². The van der Waals surface area contributed by atoms with E-state index in [1.165, 1.54) is 44.1 Å². The Kier molecular flexibility index (Phi) is 7.24. The highest BCUT2D eigenvalue weighted by atomic mass is 16.7. The minimum absolute atomic E-state index is 0.0666. The van der Waals surface area contributed by atoms with Gasteiger partial charge in [0.2, 0.25) is 0 Å². The van der Waals surface area contributed by atoms with Crippen LogP contribution in [0.25, 0.3) is 0 Å². The van der Waals surface area contributed by atoms with Crippen LogP contribution in [0.4, 0.5) is 0 Å². The molecule has 1 aromatic carbocycles. The molecule has 1 aliphatic heterocycles. The van der Waals surface area contributed by atoms with Crippen molar-refractivity contribution in [3.8, 4) is 5.75 Å². The van der Waals surface area contributed by atoms with Gasteiger partial charge in [-0.2, -0.15) is 0 Å². The molecule has 0 spiro atoms. The fraction of sp³-hybridized carbons (Fsp3) is 0.700. The molecule has 2 rings (SSSR count). The smallest absolute Gasteiger partial charge is 0.200 e. The Bertz CT molecular complexity index is 412. The average molecular weight is 304 g/mol. The second kappa shape index (κ2) is 9.19. The van der Waals surface area contributed by atoms with Gasteiger partial charge < -0.3 is 9.47 Å². The van der Waals surface area contributed by atoms with Crippen LogP contribution in [0.3, 0.4) is 0 Å². The van der Waals surface area contributed by atoms with Gasteiger partial charge in [0.1, 0.15) is 5.75 Å². The Labute approximate surface area is 136 Å². The number of rotatable bonds is 9. The molecule has 0 N–H and O–H groups in total. The number of benzene rings is 1. The van der Waals surface area contributed by atoms with Crippen LogP contribution in [0.15, 0.2) is 24.3 Å². The van der Waals surface area contributed by atoms with E-state index in [1.807, 2.05) is 0 Å². The monoisotopic (exact) mass is 304 g/mol. The lowest BCUT2D eigenvalue weighted by Gasteiger charge is -2.16. The average Bonchev–Trinajstić information content (AvgIpc) is 2.87. The Morgan fingerprint density at radius 3 is 2.45 bits per heavy atom. The van der Waals surface area contributed by atoms with E-state index in [0.717, 1.165) is 18.6 Å². The fourth-order valence-electron chi connectivity index (χ4n) is 3.13. The summed E-state index contributed by atoms with van der Waals surface area (Å²) in [5, 5.41) is 0. The zero-order chi connectivity index (χ0) is 15.8. The van der Waals surface area contributed by atoms with Gasteiger partial charge in [-0.1, -0.05) is 58.6 Å². The second-order valence-electron chi connectivity index (χ2n) is 6.68. The Morgan fingerprint density at radius 2 is 1.77 bits per heavy atom. The van der Waals surface area contributed by atoms with Crippen molar-refractivity contribution in [1.29, 1.82) is 0 Å². The number of hydrogen-bond acceptors (Lipinski definition) is 2. The molecule has 22 heavy (non-hydrogen) atoms. The maximum atomic E-state index is 6.10. The lowest BCUT2D eigenvalue weighted by atomic mass is 9.99. The number of hydrogen-bond donors (Lipinski definition) is 0. The molecule has 1 heterocycles. The largest absolute Gasteiger partial charge is 0.465 e. The highest BCUT2D eigenvalue weighted by molar-refractivity contribution is 5.27. The molecule has 0 saturated carbocycles. The van der Waals surface area contributed by atoms with Crippen molar-refractivity contribution >= 4 is 0 Å². The lowest BCUT2D eigenvalue weighted by molar-refractivity contribution is -0.0771. The topological polar surface area (TPSA) is 18.5 Å². The molecule has 1 aromatic rings. The third kappa shape index (κ3) is 5.31. The van der Waals surface area contributed by atoms with Crippen LogP contribution >= 0.6 is 0 Å². The van der Waals surface area contributed by atoms with Gasteiger partial charge in [0.15, 0.2) is 6.29 Å². The summed E-state index contributed by atoms with van der Waals surface area (Å²) in [7, 11) is 0. The summed E-state index contributed by atoms with van der Waals surface area (Å²) in [6.07, 6.45) is 9.98. The SMILES string of the molecule is CCCCCC1OC(Oc2ccc(CCCC)cc2)C[C@H]1C. The van der Waals surface area contributed by atoms with E-state index in [4.69, 9.17) is 9.47 Å². The summed E-state index contributed by atoms with van der Waals surface area (Å²) >= 11 is 0. The van der Waals surface area contributed by atoms with E-state index < -0.39 is 0 Å². The molecule has 0 bridgehead atoms. The molecule has 2 nitrogen and oxygen atoms in total. The molecular weight excluding hydrogens is 272 g/mol. The van der Waals surface area contributed by atoms with Crippen molar-refractivity contribution in [3.05, 3.63) is 29.8 Å². The number of ether oxygens (including phenoxy) is 2. The van der Waals surface area contributed by atoms with Gasteiger partial charge in [-0.3, -0.25) is 0 Å². The molecule has 2 unspecified atom stereocenters. The summed E-state index contributed by atoms with van der Waals surface area (Å²) in [6, 6.07) is 8.54.